The van der Waals surface area contributed by atoms with Gasteiger partial charge in [-0.3, -0.25) is 4.79 Å². The van der Waals surface area contributed by atoms with Gasteiger partial charge < -0.3 is 19.7 Å². The molecule has 1 unspecified atom stereocenters. The van der Waals surface area contributed by atoms with E-state index >= 15 is 0 Å². The molecule has 27 heavy (non-hydrogen) atoms. The van der Waals surface area contributed by atoms with Crippen LogP contribution in [0.1, 0.15) is 46.1 Å². The maximum atomic E-state index is 12.7. The van der Waals surface area contributed by atoms with Crippen LogP contribution in [-0.2, 0) is 25.7 Å². The summed E-state index contributed by atoms with van der Waals surface area (Å²) >= 11 is 0. The molecule has 2 amide bonds. The Labute approximate surface area is 160 Å². The quantitative estimate of drug-likeness (QED) is 0.799. The van der Waals surface area contributed by atoms with Gasteiger partial charge >= 0.3 is 12.1 Å². The third kappa shape index (κ3) is 6.27. The maximum Gasteiger partial charge on any atom is 0.408 e. The van der Waals surface area contributed by atoms with Gasteiger partial charge in [0, 0.05) is 6.54 Å². The molecule has 1 fully saturated rings. The van der Waals surface area contributed by atoms with Crippen molar-refractivity contribution in [3.63, 3.8) is 0 Å². The van der Waals surface area contributed by atoms with Crippen LogP contribution in [0.5, 0.6) is 0 Å². The highest BCUT2D eigenvalue weighted by Crippen LogP contribution is 2.20. The Kier molecular flexibility index (Phi) is 6.82. The van der Waals surface area contributed by atoms with Crippen LogP contribution in [0, 0.1) is 0 Å². The van der Waals surface area contributed by atoms with Crippen molar-refractivity contribution in [2.45, 2.75) is 64.8 Å². The van der Waals surface area contributed by atoms with Crippen LogP contribution >= 0.6 is 0 Å². The Hall–Kier alpha value is -2.57. The van der Waals surface area contributed by atoms with E-state index in [4.69, 9.17) is 9.47 Å². The number of hydrogen-bond acceptors (Lipinski definition) is 5. The molecule has 0 radical (unpaired) electrons. The van der Waals surface area contributed by atoms with E-state index in [1.54, 1.807) is 27.7 Å². The van der Waals surface area contributed by atoms with Crippen LogP contribution in [0.3, 0.4) is 0 Å². The minimum atomic E-state index is -0.789. The second-order valence-corrected chi connectivity index (χ2v) is 7.65. The van der Waals surface area contributed by atoms with Gasteiger partial charge in [0.2, 0.25) is 5.91 Å². The predicted molar refractivity (Wildman–Crippen MR) is 99.8 cm³/mol. The zero-order valence-electron chi connectivity index (χ0n) is 16.4. The zero-order valence-corrected chi connectivity index (χ0v) is 16.4. The Morgan fingerprint density at radius 1 is 1.22 bits per heavy atom. The highest BCUT2D eigenvalue weighted by molar-refractivity contribution is 5.90. The number of amides is 2. The van der Waals surface area contributed by atoms with Crippen molar-refractivity contribution in [2.24, 2.45) is 0 Å². The third-order valence-electron chi connectivity index (χ3n) is 4.14. The van der Waals surface area contributed by atoms with Gasteiger partial charge in [0.15, 0.2) is 0 Å². The van der Waals surface area contributed by atoms with Gasteiger partial charge in [-0.1, -0.05) is 30.3 Å². The number of rotatable bonds is 5. The maximum absolute atomic E-state index is 12.7. The average Bonchev–Trinajstić information content (AvgIpc) is 3.07. The molecule has 7 heteroatoms. The Balaban J connectivity index is 1.90. The summed E-state index contributed by atoms with van der Waals surface area (Å²) in [5.41, 5.74) is 0.242. The molecule has 1 saturated heterocycles. The molecule has 1 aromatic rings. The van der Waals surface area contributed by atoms with Crippen molar-refractivity contribution in [1.29, 1.82) is 0 Å². The molecule has 0 bridgehead atoms. The lowest BCUT2D eigenvalue weighted by Gasteiger charge is -2.27. The number of likely N-dealkylation sites (tertiary alicyclic amines) is 1. The minimum absolute atomic E-state index is 0.171. The van der Waals surface area contributed by atoms with Crippen molar-refractivity contribution in [2.75, 3.05) is 6.54 Å². The number of esters is 1. The van der Waals surface area contributed by atoms with Crippen LogP contribution in [0.25, 0.3) is 0 Å². The highest BCUT2D eigenvalue weighted by Gasteiger charge is 2.37. The monoisotopic (exact) mass is 376 g/mol. The normalized spacial score (nSPS) is 17.9. The number of benzene rings is 1. The summed E-state index contributed by atoms with van der Waals surface area (Å²) < 4.78 is 10.5. The molecule has 0 aromatic heterocycles. The van der Waals surface area contributed by atoms with Gasteiger partial charge in [-0.2, -0.15) is 0 Å². The van der Waals surface area contributed by atoms with Gasteiger partial charge in [-0.05, 0) is 46.1 Å². The third-order valence-corrected chi connectivity index (χ3v) is 4.14. The number of nitrogens with zero attached hydrogens (tertiary/aromatic N) is 1. The van der Waals surface area contributed by atoms with E-state index in [-0.39, 0.29) is 12.5 Å². The number of ether oxygens (including phenoxy) is 2. The summed E-state index contributed by atoms with van der Waals surface area (Å²) in [5.74, 6) is -0.741. The van der Waals surface area contributed by atoms with E-state index in [1.807, 2.05) is 30.3 Å². The summed E-state index contributed by atoms with van der Waals surface area (Å²) in [6.45, 7) is 7.46. The fourth-order valence-corrected chi connectivity index (χ4v) is 2.90. The summed E-state index contributed by atoms with van der Waals surface area (Å²) in [6.07, 6.45) is 0.611. The lowest BCUT2D eigenvalue weighted by atomic mass is 10.2. The molecule has 7 nitrogen and oxygen atoms in total. The first-order valence-corrected chi connectivity index (χ1v) is 9.18. The molecule has 0 aliphatic carbocycles. The predicted octanol–water partition coefficient (Wildman–Crippen LogP) is 2.63. The Morgan fingerprint density at radius 3 is 2.52 bits per heavy atom. The van der Waals surface area contributed by atoms with Crippen LogP contribution in [0.2, 0.25) is 0 Å². The minimum Gasteiger partial charge on any atom is -0.459 e. The molecule has 1 N–H and O–H groups in total. The average molecular weight is 376 g/mol. The van der Waals surface area contributed by atoms with Crippen molar-refractivity contribution in [3.05, 3.63) is 35.9 Å². The number of alkyl carbamates (subject to hydrolysis) is 1. The lowest BCUT2D eigenvalue weighted by Crippen LogP contribution is -2.51. The lowest BCUT2D eigenvalue weighted by molar-refractivity contribution is -0.154. The fraction of sp³-hybridized carbons (Fsp3) is 0.550. The molecule has 1 aliphatic heterocycles. The first kappa shape index (κ1) is 20.7. The van der Waals surface area contributed by atoms with E-state index in [1.165, 1.54) is 4.90 Å². The van der Waals surface area contributed by atoms with E-state index in [2.05, 4.69) is 5.32 Å². The summed E-state index contributed by atoms with van der Waals surface area (Å²) in [4.78, 5) is 38.5. The van der Waals surface area contributed by atoms with E-state index in [0.717, 1.165) is 12.0 Å². The first-order valence-electron chi connectivity index (χ1n) is 9.18. The smallest absolute Gasteiger partial charge is 0.408 e. The largest absolute Gasteiger partial charge is 0.459 e. The molecule has 2 rings (SSSR count). The van der Waals surface area contributed by atoms with Crippen LogP contribution in [0.15, 0.2) is 30.3 Å². The van der Waals surface area contributed by atoms with E-state index in [0.29, 0.717) is 13.0 Å². The van der Waals surface area contributed by atoms with Gasteiger partial charge in [-0.25, -0.2) is 9.59 Å². The summed E-state index contributed by atoms with van der Waals surface area (Å²) in [5, 5.41) is 2.53. The molecule has 0 spiro atoms. The molecule has 2 atom stereocenters. The Bertz CT molecular complexity index is 669. The highest BCUT2D eigenvalue weighted by atomic mass is 16.6. The van der Waals surface area contributed by atoms with E-state index < -0.39 is 29.7 Å². The van der Waals surface area contributed by atoms with E-state index in [9.17, 15) is 14.4 Å². The van der Waals surface area contributed by atoms with Crippen LogP contribution in [0.4, 0.5) is 4.79 Å². The number of nitrogens with one attached hydrogen (secondary N) is 1. The number of carbonyl (C=O) groups excluding carboxylic acids is 3. The molecule has 0 saturated carbocycles. The van der Waals surface area contributed by atoms with Crippen molar-refractivity contribution in [3.8, 4) is 0 Å². The molecular formula is C20H28N2O5. The topological polar surface area (TPSA) is 84.9 Å². The second-order valence-electron chi connectivity index (χ2n) is 7.65. The molecule has 1 aromatic carbocycles. The number of hydrogen-bond donors (Lipinski definition) is 1. The zero-order chi connectivity index (χ0) is 20.0. The molecular weight excluding hydrogens is 348 g/mol. The van der Waals surface area contributed by atoms with Crippen LogP contribution in [-0.4, -0.2) is 47.1 Å². The number of carbonyl (C=O) groups is 3. The fourth-order valence-electron chi connectivity index (χ4n) is 2.90. The second kappa shape index (κ2) is 8.88. The first-order chi connectivity index (χ1) is 12.7. The van der Waals surface area contributed by atoms with Crippen molar-refractivity contribution < 1.29 is 23.9 Å². The summed E-state index contributed by atoms with van der Waals surface area (Å²) in [6, 6.07) is 7.97. The van der Waals surface area contributed by atoms with Crippen molar-refractivity contribution >= 4 is 18.0 Å². The van der Waals surface area contributed by atoms with Gasteiger partial charge in [-0.15, -0.1) is 0 Å². The standard InChI is InChI=1S/C20H28N2O5/c1-14(21-19(25)27-20(2,3)4)17(23)22-12-8-11-16(22)18(24)26-13-15-9-6-5-7-10-15/h5-7,9-10,14,16H,8,11-13H2,1-4H3,(H,21,25)/t14?,16-/m0/s1. The Morgan fingerprint density at radius 2 is 1.89 bits per heavy atom. The molecule has 148 valence electrons. The van der Waals surface area contributed by atoms with Crippen molar-refractivity contribution in [1.82, 2.24) is 10.2 Å². The molecule has 1 heterocycles. The summed E-state index contributed by atoms with van der Waals surface area (Å²) in [7, 11) is 0. The van der Waals surface area contributed by atoms with Gasteiger partial charge in [0.25, 0.3) is 0 Å². The SMILES string of the molecule is CC(NC(=O)OC(C)(C)C)C(=O)N1CCC[C@H]1C(=O)OCc1ccccc1. The van der Waals surface area contributed by atoms with Gasteiger partial charge in [0.1, 0.15) is 24.3 Å². The molecule has 1 aliphatic rings. The van der Waals surface area contributed by atoms with Crippen LogP contribution < -0.4 is 5.32 Å². The van der Waals surface area contributed by atoms with Gasteiger partial charge in [0.05, 0.1) is 0 Å².